The van der Waals surface area contributed by atoms with Crippen molar-refractivity contribution in [2.45, 2.75) is 24.9 Å². The Kier molecular flexibility index (Phi) is 3.84. The molecule has 2 aromatic carbocycles. The van der Waals surface area contributed by atoms with Gasteiger partial charge in [-0.15, -0.1) is 0 Å². The van der Waals surface area contributed by atoms with E-state index in [0.29, 0.717) is 0 Å². The molecule has 5 heteroatoms. The van der Waals surface area contributed by atoms with E-state index < -0.39 is 12.3 Å². The fourth-order valence-corrected chi connectivity index (χ4v) is 3.54. The molecule has 2 aliphatic rings. The largest absolute Gasteiger partial charge is 0.509 e. The number of ketones is 2. The molecule has 0 aliphatic heterocycles. The maximum absolute atomic E-state index is 11.9. The summed E-state index contributed by atoms with van der Waals surface area (Å²) in [5.74, 6) is -0.813. The summed E-state index contributed by atoms with van der Waals surface area (Å²) < 4.78 is 10.1. The zero-order valence-corrected chi connectivity index (χ0v) is 13.4. The lowest BCUT2D eigenvalue weighted by Crippen LogP contribution is -2.29. The first-order valence-corrected chi connectivity index (χ1v) is 8.22. The predicted octanol–water partition coefficient (Wildman–Crippen LogP) is 3.25. The van der Waals surface area contributed by atoms with E-state index in [-0.39, 0.29) is 36.9 Å². The molecule has 0 bridgehead atoms. The Morgan fingerprint density at radius 3 is 1.96 bits per heavy atom. The topological polar surface area (TPSA) is 69.7 Å². The van der Waals surface area contributed by atoms with Crippen LogP contribution in [0.2, 0.25) is 0 Å². The van der Waals surface area contributed by atoms with E-state index in [1.807, 2.05) is 48.5 Å². The summed E-state index contributed by atoms with van der Waals surface area (Å²) in [5.41, 5.74) is 4.43. The van der Waals surface area contributed by atoms with Crippen molar-refractivity contribution in [2.24, 2.45) is 0 Å². The second-order valence-corrected chi connectivity index (χ2v) is 6.22. The van der Waals surface area contributed by atoms with Crippen molar-refractivity contribution in [3.63, 3.8) is 0 Å². The van der Waals surface area contributed by atoms with Gasteiger partial charge >= 0.3 is 6.16 Å². The molecule has 2 aromatic rings. The minimum atomic E-state index is -1.30. The van der Waals surface area contributed by atoms with Crippen molar-refractivity contribution >= 4 is 17.7 Å². The number of hydrogen-bond donors (Lipinski definition) is 0. The fraction of sp³-hybridized carbons (Fsp3) is 0.250. The Balaban J connectivity index is 1.49. The number of fused-ring (bicyclic) bond motifs is 3. The SMILES string of the molecule is O=C(OCC1c2ccccc2-c2ccccc21)OC1C(=O)CCC1=O. The van der Waals surface area contributed by atoms with E-state index in [9.17, 15) is 14.4 Å². The van der Waals surface area contributed by atoms with Crippen LogP contribution >= 0.6 is 0 Å². The van der Waals surface area contributed by atoms with Crippen molar-refractivity contribution in [3.05, 3.63) is 59.7 Å². The molecule has 0 unspecified atom stereocenters. The lowest BCUT2D eigenvalue weighted by Gasteiger charge is -2.15. The number of carbonyl (C=O) groups excluding carboxylic acids is 3. The highest BCUT2D eigenvalue weighted by Crippen LogP contribution is 2.44. The number of hydrogen-bond acceptors (Lipinski definition) is 5. The van der Waals surface area contributed by atoms with Crippen LogP contribution in [0, 0.1) is 0 Å². The first-order chi connectivity index (χ1) is 12.1. The number of Topliss-reactive ketones (excluding diaryl/α,β-unsaturated/α-hetero) is 2. The number of benzene rings is 2. The molecule has 4 rings (SSSR count). The molecule has 0 atom stereocenters. The van der Waals surface area contributed by atoms with Gasteiger partial charge in [0.25, 0.3) is 0 Å². The van der Waals surface area contributed by atoms with Gasteiger partial charge in [0.15, 0.2) is 11.6 Å². The van der Waals surface area contributed by atoms with Crippen LogP contribution in [0.3, 0.4) is 0 Å². The Morgan fingerprint density at radius 1 is 0.880 bits per heavy atom. The standard InChI is InChI=1S/C20H16O5/c21-17-9-10-18(22)19(17)25-20(23)24-11-16-14-7-3-1-5-12(14)13-6-2-4-8-15(13)16/h1-8,16,19H,9-11H2. The molecule has 0 heterocycles. The minimum absolute atomic E-state index is 0.0880. The van der Waals surface area contributed by atoms with E-state index in [1.165, 1.54) is 0 Å². The van der Waals surface area contributed by atoms with Crippen LogP contribution in [-0.4, -0.2) is 30.4 Å². The summed E-state index contributed by atoms with van der Waals surface area (Å²) in [6.45, 7) is 0.0992. The Hall–Kier alpha value is -2.95. The summed E-state index contributed by atoms with van der Waals surface area (Å²) in [6, 6.07) is 16.0. The monoisotopic (exact) mass is 336 g/mol. The highest BCUT2D eigenvalue weighted by atomic mass is 16.7. The molecule has 1 saturated carbocycles. The van der Waals surface area contributed by atoms with Crippen LogP contribution in [-0.2, 0) is 19.1 Å². The van der Waals surface area contributed by atoms with Crippen LogP contribution in [0.4, 0.5) is 4.79 Å². The maximum atomic E-state index is 11.9. The van der Waals surface area contributed by atoms with Gasteiger partial charge in [-0.2, -0.15) is 0 Å². The van der Waals surface area contributed by atoms with Crippen molar-refractivity contribution in [1.82, 2.24) is 0 Å². The van der Waals surface area contributed by atoms with Gasteiger partial charge in [-0.05, 0) is 22.3 Å². The third kappa shape index (κ3) is 2.71. The van der Waals surface area contributed by atoms with Crippen LogP contribution in [0.15, 0.2) is 48.5 Å². The van der Waals surface area contributed by atoms with Crippen LogP contribution in [0.5, 0.6) is 0 Å². The molecule has 0 aromatic heterocycles. The third-order valence-electron chi connectivity index (χ3n) is 4.75. The number of rotatable bonds is 3. The highest BCUT2D eigenvalue weighted by molar-refractivity contribution is 6.12. The summed E-state index contributed by atoms with van der Waals surface area (Å²) >= 11 is 0. The Morgan fingerprint density at radius 2 is 1.40 bits per heavy atom. The Labute approximate surface area is 144 Å². The third-order valence-corrected chi connectivity index (χ3v) is 4.75. The molecule has 25 heavy (non-hydrogen) atoms. The van der Waals surface area contributed by atoms with Crippen molar-refractivity contribution in [3.8, 4) is 11.1 Å². The molecule has 2 aliphatic carbocycles. The van der Waals surface area contributed by atoms with Gasteiger partial charge in [-0.25, -0.2) is 4.79 Å². The van der Waals surface area contributed by atoms with E-state index >= 15 is 0 Å². The summed E-state index contributed by atoms with van der Waals surface area (Å²) in [4.78, 5) is 35.0. The van der Waals surface area contributed by atoms with Gasteiger partial charge in [0.2, 0.25) is 6.10 Å². The van der Waals surface area contributed by atoms with Crippen LogP contribution in [0.25, 0.3) is 11.1 Å². The quantitative estimate of drug-likeness (QED) is 0.636. The van der Waals surface area contributed by atoms with E-state index in [4.69, 9.17) is 9.47 Å². The van der Waals surface area contributed by atoms with Crippen LogP contribution < -0.4 is 0 Å². The van der Waals surface area contributed by atoms with Crippen molar-refractivity contribution in [1.29, 1.82) is 0 Å². The molecular formula is C20H16O5. The lowest BCUT2D eigenvalue weighted by atomic mass is 9.98. The van der Waals surface area contributed by atoms with Gasteiger partial charge in [0.05, 0.1) is 0 Å². The van der Waals surface area contributed by atoms with Gasteiger partial charge in [0, 0.05) is 18.8 Å². The summed E-state index contributed by atoms with van der Waals surface area (Å²) in [6.07, 6.45) is -2.02. The second-order valence-electron chi connectivity index (χ2n) is 6.22. The Bertz CT molecular complexity index is 808. The maximum Gasteiger partial charge on any atom is 0.509 e. The molecule has 0 N–H and O–H groups in total. The molecule has 0 spiro atoms. The summed E-state index contributed by atoms with van der Waals surface area (Å²) in [5, 5.41) is 0. The number of ether oxygens (including phenoxy) is 2. The molecule has 0 amide bonds. The lowest BCUT2D eigenvalue weighted by molar-refractivity contribution is -0.134. The van der Waals surface area contributed by atoms with E-state index in [2.05, 4.69) is 0 Å². The first-order valence-electron chi connectivity index (χ1n) is 8.22. The summed E-state index contributed by atoms with van der Waals surface area (Å²) in [7, 11) is 0. The molecule has 126 valence electrons. The van der Waals surface area contributed by atoms with Crippen LogP contribution in [0.1, 0.15) is 29.9 Å². The molecule has 5 nitrogen and oxygen atoms in total. The van der Waals surface area contributed by atoms with Gasteiger partial charge in [-0.1, -0.05) is 48.5 Å². The van der Waals surface area contributed by atoms with Gasteiger partial charge in [0.1, 0.15) is 6.61 Å². The average Bonchev–Trinajstić information content (AvgIpc) is 3.12. The van der Waals surface area contributed by atoms with Gasteiger partial charge in [-0.3, -0.25) is 9.59 Å². The molecule has 1 fully saturated rings. The molecular weight excluding hydrogens is 320 g/mol. The normalized spacial score (nSPS) is 16.6. The van der Waals surface area contributed by atoms with E-state index in [0.717, 1.165) is 22.3 Å². The zero-order valence-electron chi connectivity index (χ0n) is 13.4. The van der Waals surface area contributed by atoms with E-state index in [1.54, 1.807) is 0 Å². The molecule has 0 radical (unpaired) electrons. The smallest absolute Gasteiger partial charge is 0.433 e. The van der Waals surface area contributed by atoms with Crippen molar-refractivity contribution in [2.75, 3.05) is 6.61 Å². The average molecular weight is 336 g/mol. The van der Waals surface area contributed by atoms with Crippen molar-refractivity contribution < 1.29 is 23.9 Å². The predicted molar refractivity (Wildman–Crippen MR) is 89.2 cm³/mol. The zero-order chi connectivity index (χ0) is 17.4. The minimum Gasteiger partial charge on any atom is -0.433 e. The fourth-order valence-electron chi connectivity index (χ4n) is 3.54. The second kappa shape index (κ2) is 6.16. The van der Waals surface area contributed by atoms with Gasteiger partial charge < -0.3 is 9.47 Å². The first kappa shape index (κ1) is 15.6. The highest BCUT2D eigenvalue weighted by Gasteiger charge is 2.37. The molecule has 0 saturated heterocycles. The number of carbonyl (C=O) groups is 3.